The van der Waals surface area contributed by atoms with Gasteiger partial charge in [-0.2, -0.15) is 0 Å². The summed E-state index contributed by atoms with van der Waals surface area (Å²) in [6.45, 7) is 4.27. The number of quaternary nitrogens is 1. The van der Waals surface area contributed by atoms with Gasteiger partial charge in [0.05, 0.1) is 27.7 Å². The average Bonchev–Trinajstić information content (AvgIpc) is 3.32. The third-order valence-electron chi connectivity index (χ3n) is 13.8. The summed E-state index contributed by atoms with van der Waals surface area (Å²) in [5.74, 6) is -0.816. The van der Waals surface area contributed by atoms with Gasteiger partial charge in [-0.3, -0.25) is 14.2 Å². The first-order chi connectivity index (χ1) is 34.0. The predicted molar refractivity (Wildman–Crippen MR) is 296 cm³/mol. The van der Waals surface area contributed by atoms with Crippen LogP contribution in [-0.4, -0.2) is 70.0 Å². The van der Waals surface area contributed by atoms with Crippen molar-refractivity contribution in [2.75, 3.05) is 47.5 Å². The van der Waals surface area contributed by atoms with Crippen molar-refractivity contribution in [3.8, 4) is 0 Å². The molecule has 70 heavy (non-hydrogen) atoms. The number of allylic oxidation sites excluding steroid dienone is 2. The number of esters is 2. The first-order valence-corrected chi connectivity index (χ1v) is 31.9. The van der Waals surface area contributed by atoms with E-state index in [9.17, 15) is 19.0 Å². The second kappa shape index (κ2) is 52.6. The molecule has 0 saturated carbocycles. The number of hydrogen-bond donors (Lipinski definition) is 0. The number of carbonyl (C=O) groups excluding carboxylic acids is 2. The fourth-order valence-electron chi connectivity index (χ4n) is 9.07. The lowest BCUT2D eigenvalue weighted by Crippen LogP contribution is -2.37. The minimum atomic E-state index is -4.62. The smallest absolute Gasteiger partial charge is 0.306 e. The average molecular weight is 1010 g/mol. The van der Waals surface area contributed by atoms with Crippen molar-refractivity contribution in [3.05, 3.63) is 12.2 Å². The zero-order chi connectivity index (χ0) is 51.3. The van der Waals surface area contributed by atoms with Gasteiger partial charge in [-0.05, 0) is 38.5 Å². The molecule has 416 valence electrons. The van der Waals surface area contributed by atoms with Gasteiger partial charge in [-0.15, -0.1) is 0 Å². The van der Waals surface area contributed by atoms with Crippen LogP contribution in [0.25, 0.3) is 0 Å². The molecule has 0 aliphatic heterocycles. The highest BCUT2D eigenvalue weighted by molar-refractivity contribution is 7.45. The maximum Gasteiger partial charge on any atom is 0.306 e. The molecule has 0 aromatic heterocycles. The molecule has 0 aliphatic rings. The standard InChI is InChI=1S/C60H118NO8P/c1-6-8-10-12-14-16-18-19-20-21-22-23-24-25-26-27-28-29-30-31-32-33-34-35-36-37-38-39-40-41-43-45-47-49-51-53-60(63)69-58(57-68-70(64,65)67-55-54-61(3,4)5)56-66-59(62)52-50-48-46-44-42-17-15-13-11-9-7-2/h21-22,58H,6-20,23-57H2,1-5H3/b22-21-. The minimum absolute atomic E-state index is 0.0262. The summed E-state index contributed by atoms with van der Waals surface area (Å²) in [5, 5.41) is 0. The van der Waals surface area contributed by atoms with E-state index in [-0.39, 0.29) is 32.0 Å². The predicted octanol–water partition coefficient (Wildman–Crippen LogP) is 18.2. The van der Waals surface area contributed by atoms with E-state index < -0.39 is 26.5 Å². The van der Waals surface area contributed by atoms with Crippen LogP contribution < -0.4 is 4.89 Å². The fraction of sp³-hybridized carbons (Fsp3) is 0.933. The van der Waals surface area contributed by atoms with Gasteiger partial charge in [-0.1, -0.05) is 270 Å². The van der Waals surface area contributed by atoms with Crippen molar-refractivity contribution in [1.82, 2.24) is 0 Å². The fourth-order valence-corrected chi connectivity index (χ4v) is 9.80. The van der Waals surface area contributed by atoms with Gasteiger partial charge < -0.3 is 27.9 Å². The molecule has 0 aromatic carbocycles. The first-order valence-electron chi connectivity index (χ1n) is 30.4. The molecule has 0 heterocycles. The summed E-state index contributed by atoms with van der Waals surface area (Å²) < 4.78 is 34.1. The molecule has 0 bridgehead atoms. The molecule has 0 N–H and O–H groups in total. The molecule has 0 rings (SSSR count). The van der Waals surface area contributed by atoms with Crippen molar-refractivity contribution >= 4 is 19.8 Å². The van der Waals surface area contributed by atoms with Crippen LogP contribution in [-0.2, 0) is 32.7 Å². The zero-order valence-corrected chi connectivity index (χ0v) is 48.1. The normalized spacial score (nSPS) is 13.3. The Kier molecular flexibility index (Phi) is 51.7. The Hall–Kier alpha value is -1.25. The van der Waals surface area contributed by atoms with Gasteiger partial charge in [0.15, 0.2) is 6.10 Å². The van der Waals surface area contributed by atoms with E-state index >= 15 is 0 Å². The largest absolute Gasteiger partial charge is 0.756 e. The van der Waals surface area contributed by atoms with Gasteiger partial charge in [0.1, 0.15) is 19.8 Å². The lowest BCUT2D eigenvalue weighted by Gasteiger charge is -2.28. The molecule has 0 fully saturated rings. The second-order valence-corrected chi connectivity index (χ2v) is 23.5. The molecular weight excluding hydrogens is 894 g/mol. The molecule has 0 amide bonds. The number of likely N-dealkylation sites (N-methyl/N-ethyl adjacent to an activating group) is 1. The van der Waals surface area contributed by atoms with Crippen LogP contribution in [0.2, 0.25) is 0 Å². The molecule has 2 unspecified atom stereocenters. The zero-order valence-electron chi connectivity index (χ0n) is 47.2. The lowest BCUT2D eigenvalue weighted by molar-refractivity contribution is -0.870. The van der Waals surface area contributed by atoms with Crippen LogP contribution in [0.3, 0.4) is 0 Å². The molecule has 0 radical (unpaired) electrons. The van der Waals surface area contributed by atoms with Gasteiger partial charge in [0, 0.05) is 12.8 Å². The van der Waals surface area contributed by atoms with Crippen molar-refractivity contribution < 1.29 is 42.1 Å². The van der Waals surface area contributed by atoms with Crippen LogP contribution in [0.15, 0.2) is 12.2 Å². The quantitative estimate of drug-likeness (QED) is 0.0195. The molecule has 10 heteroatoms. The summed E-state index contributed by atoms with van der Waals surface area (Å²) >= 11 is 0. The van der Waals surface area contributed by atoms with Gasteiger partial charge >= 0.3 is 11.9 Å². The monoisotopic (exact) mass is 1010 g/mol. The number of ether oxygens (including phenoxy) is 2. The molecule has 0 spiro atoms. The van der Waals surface area contributed by atoms with Crippen LogP contribution >= 0.6 is 7.82 Å². The van der Waals surface area contributed by atoms with E-state index in [0.29, 0.717) is 17.4 Å². The van der Waals surface area contributed by atoms with E-state index in [1.165, 1.54) is 244 Å². The summed E-state index contributed by atoms with van der Waals surface area (Å²) in [6.07, 6.45) is 61.5. The number of unbranched alkanes of at least 4 members (excludes halogenated alkanes) is 41. The molecule has 0 aromatic rings. The molecule has 0 saturated heterocycles. The Morgan fingerprint density at radius 1 is 0.429 bits per heavy atom. The lowest BCUT2D eigenvalue weighted by atomic mass is 10.0. The second-order valence-electron chi connectivity index (χ2n) is 22.1. The number of phosphoric acid groups is 1. The number of hydrogen-bond acceptors (Lipinski definition) is 8. The third kappa shape index (κ3) is 56.1. The summed E-state index contributed by atoms with van der Waals surface area (Å²) in [7, 11) is 1.19. The topological polar surface area (TPSA) is 111 Å². The van der Waals surface area contributed by atoms with E-state index in [1.54, 1.807) is 0 Å². The minimum Gasteiger partial charge on any atom is -0.756 e. The van der Waals surface area contributed by atoms with Crippen molar-refractivity contribution in [2.45, 2.75) is 315 Å². The number of phosphoric ester groups is 1. The van der Waals surface area contributed by atoms with Crippen molar-refractivity contribution in [2.24, 2.45) is 0 Å². The Morgan fingerprint density at radius 2 is 0.729 bits per heavy atom. The van der Waals surface area contributed by atoms with Crippen LogP contribution in [0.5, 0.6) is 0 Å². The maximum atomic E-state index is 12.8. The Morgan fingerprint density at radius 3 is 1.06 bits per heavy atom. The van der Waals surface area contributed by atoms with Crippen molar-refractivity contribution in [3.63, 3.8) is 0 Å². The number of carbonyl (C=O) groups is 2. The van der Waals surface area contributed by atoms with E-state index in [0.717, 1.165) is 32.1 Å². The molecule has 9 nitrogen and oxygen atoms in total. The van der Waals surface area contributed by atoms with Crippen molar-refractivity contribution in [1.29, 1.82) is 0 Å². The summed E-state index contributed by atoms with van der Waals surface area (Å²) in [5.41, 5.74) is 0. The maximum absolute atomic E-state index is 12.8. The Bertz CT molecular complexity index is 1190. The van der Waals surface area contributed by atoms with Crippen LogP contribution in [0, 0.1) is 0 Å². The number of rotatable bonds is 57. The van der Waals surface area contributed by atoms with Crippen LogP contribution in [0.1, 0.15) is 309 Å². The molecule has 0 aliphatic carbocycles. The number of nitrogens with zero attached hydrogens (tertiary/aromatic N) is 1. The summed E-state index contributed by atoms with van der Waals surface area (Å²) in [4.78, 5) is 37.7. The summed E-state index contributed by atoms with van der Waals surface area (Å²) in [6, 6.07) is 0. The first kappa shape index (κ1) is 68.8. The molecular formula is C60H118NO8P. The highest BCUT2D eigenvalue weighted by Crippen LogP contribution is 2.38. The Balaban J connectivity index is 3.88. The highest BCUT2D eigenvalue weighted by Gasteiger charge is 2.22. The van der Waals surface area contributed by atoms with Gasteiger partial charge in [0.25, 0.3) is 7.82 Å². The Labute approximate surface area is 435 Å². The van der Waals surface area contributed by atoms with E-state index in [2.05, 4.69) is 26.0 Å². The SMILES string of the molecule is CCCCCCCCCC/C=C\CCCCCCCCCCCCCCCCCCCCCCCCCC(=O)OC(COC(=O)CCCCCCCCCCCCC)COP(=O)([O-])OCC[N+](C)(C)C. The third-order valence-corrected chi connectivity index (χ3v) is 14.7. The van der Waals surface area contributed by atoms with E-state index in [1.807, 2.05) is 21.1 Å². The highest BCUT2D eigenvalue weighted by atomic mass is 31.2. The van der Waals surface area contributed by atoms with Gasteiger partial charge in [0.2, 0.25) is 0 Å². The van der Waals surface area contributed by atoms with E-state index in [4.69, 9.17) is 18.5 Å². The molecule has 2 atom stereocenters. The van der Waals surface area contributed by atoms with Gasteiger partial charge in [-0.25, -0.2) is 0 Å². The van der Waals surface area contributed by atoms with Crippen LogP contribution in [0.4, 0.5) is 0 Å².